The van der Waals surface area contributed by atoms with Gasteiger partial charge in [0.25, 0.3) is 0 Å². The van der Waals surface area contributed by atoms with E-state index in [1.54, 1.807) is 17.0 Å². The molecule has 3 aliphatic heterocycles. The Balaban J connectivity index is 1.24. The van der Waals surface area contributed by atoms with Gasteiger partial charge in [0.2, 0.25) is 17.7 Å². The van der Waals surface area contributed by atoms with Crippen molar-refractivity contribution in [3.63, 3.8) is 0 Å². The van der Waals surface area contributed by atoms with Crippen LogP contribution in [0.4, 0.5) is 15.8 Å². The van der Waals surface area contributed by atoms with E-state index in [0.29, 0.717) is 36.8 Å². The van der Waals surface area contributed by atoms with Crippen molar-refractivity contribution < 1.29 is 23.9 Å². The number of aliphatic hydroxyl groups excluding tert-OH is 1. The molecule has 1 unspecified atom stereocenters. The van der Waals surface area contributed by atoms with Crippen LogP contribution < -0.4 is 15.5 Å². The van der Waals surface area contributed by atoms with Crippen LogP contribution in [0.3, 0.4) is 0 Å². The molecule has 1 aromatic carbocycles. The second-order valence-electron chi connectivity index (χ2n) is 9.08. The van der Waals surface area contributed by atoms with Crippen molar-refractivity contribution in [2.24, 2.45) is 5.92 Å². The summed E-state index contributed by atoms with van der Waals surface area (Å²) in [7, 11) is 0. The summed E-state index contributed by atoms with van der Waals surface area (Å²) < 4.78 is 14.8. The summed E-state index contributed by atoms with van der Waals surface area (Å²) in [4.78, 5) is 41.0. The molecule has 9 nitrogen and oxygen atoms in total. The number of amides is 3. The third-order valence-electron chi connectivity index (χ3n) is 6.86. The summed E-state index contributed by atoms with van der Waals surface area (Å²) in [5.41, 5.74) is 1.08. The summed E-state index contributed by atoms with van der Waals surface area (Å²) in [5, 5.41) is 14.3. The standard InChI is InChI=1S/C23H32FN5O4/c24-18-13-17(25-19-2-4-21(31)26-23(19)33)1-3-20(18)28-11-9-27(10-12-28)14-16-5-7-29(8-6-16)22(32)15-30/h1,3,13,16,19,25,30H,2,4-12,14-15H2,(H,26,31,33). The first-order chi connectivity index (χ1) is 15.9. The molecule has 0 bridgehead atoms. The zero-order chi connectivity index (χ0) is 23.4. The molecule has 3 amide bonds. The van der Waals surface area contributed by atoms with Gasteiger partial charge >= 0.3 is 0 Å². The van der Waals surface area contributed by atoms with Crippen molar-refractivity contribution >= 4 is 29.1 Å². The molecule has 33 heavy (non-hydrogen) atoms. The van der Waals surface area contributed by atoms with Gasteiger partial charge in [-0.3, -0.25) is 24.6 Å². The molecule has 0 radical (unpaired) electrons. The van der Waals surface area contributed by atoms with Crippen molar-refractivity contribution in [3.05, 3.63) is 24.0 Å². The minimum absolute atomic E-state index is 0.192. The quantitative estimate of drug-likeness (QED) is 0.527. The lowest BCUT2D eigenvalue weighted by Gasteiger charge is -2.39. The van der Waals surface area contributed by atoms with E-state index in [4.69, 9.17) is 5.11 Å². The molecule has 1 aromatic rings. The number of aliphatic hydroxyl groups is 1. The molecule has 0 aromatic heterocycles. The number of nitrogens with one attached hydrogen (secondary N) is 2. The van der Waals surface area contributed by atoms with E-state index < -0.39 is 12.6 Å². The lowest BCUT2D eigenvalue weighted by molar-refractivity contribution is -0.136. The Bertz CT molecular complexity index is 882. The highest BCUT2D eigenvalue weighted by molar-refractivity contribution is 6.01. The van der Waals surface area contributed by atoms with Gasteiger partial charge in [-0.25, -0.2) is 4.39 Å². The summed E-state index contributed by atoms with van der Waals surface area (Å²) in [6.45, 7) is 5.14. The number of rotatable bonds is 6. The predicted molar refractivity (Wildman–Crippen MR) is 121 cm³/mol. The number of imide groups is 1. The number of hydrogen-bond acceptors (Lipinski definition) is 7. The minimum atomic E-state index is -0.537. The molecule has 0 spiro atoms. The number of nitrogens with zero attached hydrogens (tertiary/aromatic N) is 3. The summed E-state index contributed by atoms with van der Waals surface area (Å²) in [5.74, 6) is -0.642. The van der Waals surface area contributed by atoms with Crippen LogP contribution in [0, 0.1) is 11.7 Å². The fourth-order valence-electron chi connectivity index (χ4n) is 4.89. The van der Waals surface area contributed by atoms with Gasteiger partial charge in [-0.05, 0) is 43.4 Å². The summed E-state index contributed by atoms with van der Waals surface area (Å²) >= 11 is 0. The number of halogens is 1. The largest absolute Gasteiger partial charge is 0.387 e. The third kappa shape index (κ3) is 5.80. The Morgan fingerprint density at radius 2 is 1.82 bits per heavy atom. The van der Waals surface area contributed by atoms with Crippen LogP contribution in [-0.4, -0.2) is 91.1 Å². The van der Waals surface area contributed by atoms with E-state index in [-0.39, 0.29) is 30.0 Å². The Hall–Kier alpha value is -2.72. The summed E-state index contributed by atoms with van der Waals surface area (Å²) in [6.07, 6.45) is 2.56. The molecule has 180 valence electrons. The molecule has 4 rings (SSSR count). The highest BCUT2D eigenvalue weighted by Crippen LogP contribution is 2.26. The van der Waals surface area contributed by atoms with Gasteiger partial charge < -0.3 is 20.2 Å². The second kappa shape index (κ2) is 10.5. The van der Waals surface area contributed by atoms with Gasteiger partial charge in [-0.2, -0.15) is 0 Å². The fraction of sp³-hybridized carbons (Fsp3) is 0.609. The second-order valence-corrected chi connectivity index (χ2v) is 9.08. The number of hydrogen-bond donors (Lipinski definition) is 3. The Morgan fingerprint density at radius 3 is 2.45 bits per heavy atom. The lowest BCUT2D eigenvalue weighted by Crippen LogP contribution is -2.49. The highest BCUT2D eigenvalue weighted by Gasteiger charge is 2.28. The van der Waals surface area contributed by atoms with E-state index in [0.717, 1.165) is 45.6 Å². The molecular formula is C23H32FN5O4. The Kier molecular flexibility index (Phi) is 7.44. The monoisotopic (exact) mass is 461 g/mol. The molecule has 0 saturated carbocycles. The molecule has 3 saturated heterocycles. The van der Waals surface area contributed by atoms with Gasteiger partial charge in [0.1, 0.15) is 18.5 Å². The van der Waals surface area contributed by atoms with Gasteiger partial charge in [0.05, 0.1) is 5.69 Å². The van der Waals surface area contributed by atoms with Crippen molar-refractivity contribution in [1.82, 2.24) is 15.1 Å². The molecule has 1 atom stereocenters. The number of piperazine rings is 1. The van der Waals surface area contributed by atoms with Gasteiger partial charge in [-0.15, -0.1) is 0 Å². The van der Waals surface area contributed by atoms with Crippen molar-refractivity contribution in [1.29, 1.82) is 0 Å². The minimum Gasteiger partial charge on any atom is -0.387 e. The molecule has 10 heteroatoms. The maximum absolute atomic E-state index is 14.8. The molecular weight excluding hydrogens is 429 g/mol. The normalized spacial score (nSPS) is 22.9. The van der Waals surface area contributed by atoms with Crippen molar-refractivity contribution in [3.8, 4) is 0 Å². The number of benzene rings is 1. The van der Waals surface area contributed by atoms with Crippen LogP contribution in [0.5, 0.6) is 0 Å². The third-order valence-corrected chi connectivity index (χ3v) is 6.86. The average molecular weight is 462 g/mol. The molecule has 0 aliphatic carbocycles. The van der Waals surface area contributed by atoms with Crippen LogP contribution in [0.1, 0.15) is 25.7 Å². The maximum Gasteiger partial charge on any atom is 0.249 e. The average Bonchev–Trinajstić information content (AvgIpc) is 2.82. The first-order valence-corrected chi connectivity index (χ1v) is 11.7. The van der Waals surface area contributed by atoms with E-state index >= 15 is 0 Å². The van der Waals surface area contributed by atoms with E-state index in [9.17, 15) is 18.8 Å². The number of anilines is 2. The Labute approximate surface area is 192 Å². The zero-order valence-electron chi connectivity index (χ0n) is 18.8. The fourth-order valence-corrected chi connectivity index (χ4v) is 4.89. The number of carbonyl (C=O) groups excluding carboxylic acids is 3. The van der Waals surface area contributed by atoms with E-state index in [1.807, 2.05) is 4.90 Å². The summed E-state index contributed by atoms with van der Waals surface area (Å²) in [6, 6.07) is 4.39. The zero-order valence-corrected chi connectivity index (χ0v) is 18.8. The first kappa shape index (κ1) is 23.4. The van der Waals surface area contributed by atoms with Crippen LogP contribution >= 0.6 is 0 Å². The van der Waals surface area contributed by atoms with Gasteiger partial charge in [0.15, 0.2) is 0 Å². The van der Waals surface area contributed by atoms with Crippen molar-refractivity contribution in [2.75, 3.05) is 62.6 Å². The van der Waals surface area contributed by atoms with E-state index in [2.05, 4.69) is 15.5 Å². The molecule has 3 N–H and O–H groups in total. The van der Waals surface area contributed by atoms with Crippen LogP contribution in [-0.2, 0) is 14.4 Å². The number of carbonyl (C=O) groups is 3. The van der Waals surface area contributed by atoms with Gasteiger partial charge in [-0.1, -0.05) is 0 Å². The number of piperidine rings is 2. The van der Waals surface area contributed by atoms with Crippen LogP contribution in [0.25, 0.3) is 0 Å². The van der Waals surface area contributed by atoms with Crippen molar-refractivity contribution in [2.45, 2.75) is 31.7 Å². The predicted octanol–water partition coefficient (Wildman–Crippen LogP) is 0.396. The molecule has 3 fully saturated rings. The van der Waals surface area contributed by atoms with Crippen LogP contribution in [0.15, 0.2) is 18.2 Å². The maximum atomic E-state index is 14.8. The SMILES string of the molecule is O=C1CCC(Nc2ccc(N3CCN(CC4CCN(C(=O)CO)CC4)CC3)c(F)c2)C(=O)N1. The lowest BCUT2D eigenvalue weighted by atomic mass is 9.96. The smallest absolute Gasteiger partial charge is 0.249 e. The van der Waals surface area contributed by atoms with E-state index in [1.165, 1.54) is 6.07 Å². The molecule has 3 heterocycles. The first-order valence-electron chi connectivity index (χ1n) is 11.7. The topological polar surface area (TPSA) is 105 Å². The highest BCUT2D eigenvalue weighted by atomic mass is 19.1. The number of likely N-dealkylation sites (tertiary alicyclic amines) is 1. The van der Waals surface area contributed by atoms with Gasteiger partial charge in [0, 0.05) is 57.9 Å². The van der Waals surface area contributed by atoms with Crippen LogP contribution in [0.2, 0.25) is 0 Å². The molecule has 3 aliphatic rings. The Morgan fingerprint density at radius 1 is 1.09 bits per heavy atom.